The zero-order valence-corrected chi connectivity index (χ0v) is 23.9. The summed E-state index contributed by atoms with van der Waals surface area (Å²) >= 11 is 0. The minimum absolute atomic E-state index is 0.0440. The van der Waals surface area contributed by atoms with E-state index in [1.54, 1.807) is 30.3 Å². The fourth-order valence-electron chi connectivity index (χ4n) is 5.74. The van der Waals surface area contributed by atoms with Crippen molar-refractivity contribution in [2.24, 2.45) is 5.92 Å². The van der Waals surface area contributed by atoms with Gasteiger partial charge in [0.05, 0.1) is 6.61 Å². The lowest BCUT2D eigenvalue weighted by molar-refractivity contribution is 0.284. The van der Waals surface area contributed by atoms with Gasteiger partial charge in [-0.25, -0.2) is 13.2 Å². The molecule has 0 bridgehead atoms. The number of unbranched alkanes of at least 4 members (excludes halogenated alkanes) is 5. The molecule has 216 valence electrons. The van der Waals surface area contributed by atoms with Crippen LogP contribution in [0.2, 0.25) is 0 Å². The van der Waals surface area contributed by atoms with E-state index in [1.807, 2.05) is 12.1 Å². The van der Waals surface area contributed by atoms with Gasteiger partial charge in [-0.2, -0.15) is 4.39 Å². The van der Waals surface area contributed by atoms with E-state index >= 15 is 8.78 Å². The van der Waals surface area contributed by atoms with Crippen molar-refractivity contribution >= 4 is 0 Å². The molecule has 0 spiro atoms. The van der Waals surface area contributed by atoms with Crippen molar-refractivity contribution in [2.75, 3.05) is 6.61 Å². The van der Waals surface area contributed by atoms with Gasteiger partial charge in [-0.15, -0.1) is 0 Å². The molecule has 3 aromatic rings. The van der Waals surface area contributed by atoms with Crippen LogP contribution in [0.5, 0.6) is 5.75 Å². The first-order chi connectivity index (χ1) is 19.4. The van der Waals surface area contributed by atoms with Crippen molar-refractivity contribution in [2.45, 2.75) is 96.8 Å². The van der Waals surface area contributed by atoms with Gasteiger partial charge in [0.15, 0.2) is 23.2 Å². The van der Waals surface area contributed by atoms with Crippen molar-refractivity contribution < 1.29 is 22.3 Å². The van der Waals surface area contributed by atoms with Gasteiger partial charge in [0, 0.05) is 5.56 Å². The lowest BCUT2D eigenvalue weighted by Gasteiger charge is -2.27. The fraction of sp³-hybridized carbons (Fsp3) is 0.486. The number of benzene rings is 3. The van der Waals surface area contributed by atoms with Gasteiger partial charge in [-0.3, -0.25) is 0 Å². The molecular weight excluding hydrogens is 512 g/mol. The Morgan fingerprint density at radius 1 is 0.675 bits per heavy atom. The Hall–Kier alpha value is -2.82. The van der Waals surface area contributed by atoms with Crippen molar-refractivity contribution in [1.82, 2.24) is 0 Å². The third kappa shape index (κ3) is 7.67. The molecule has 1 nitrogen and oxygen atoms in total. The number of hydrogen-bond donors (Lipinski definition) is 0. The summed E-state index contributed by atoms with van der Waals surface area (Å²) in [6.07, 6.45) is 11.3. The molecule has 40 heavy (non-hydrogen) atoms. The molecule has 0 amide bonds. The Morgan fingerprint density at radius 3 is 2.10 bits per heavy atom. The third-order valence-corrected chi connectivity index (χ3v) is 8.40. The van der Waals surface area contributed by atoms with Crippen LogP contribution in [0, 0.1) is 29.2 Å². The SMILES string of the molecule is CCCCCCCCOc1ccc(CCc2ccc(-c3ccc(C4CCC(C)CC4)c(F)c3F)cc2)c(F)c1F. The van der Waals surface area contributed by atoms with E-state index in [9.17, 15) is 8.78 Å². The largest absolute Gasteiger partial charge is 0.490 e. The molecular formula is C35H42F4O. The molecule has 0 heterocycles. The van der Waals surface area contributed by atoms with Crippen LogP contribution in [-0.4, -0.2) is 6.61 Å². The van der Waals surface area contributed by atoms with E-state index in [1.165, 1.54) is 25.3 Å². The van der Waals surface area contributed by atoms with Gasteiger partial charge < -0.3 is 4.74 Å². The maximum atomic E-state index is 15.1. The second-order valence-electron chi connectivity index (χ2n) is 11.5. The van der Waals surface area contributed by atoms with Crippen LogP contribution in [0.4, 0.5) is 17.6 Å². The first kappa shape index (κ1) is 30.1. The summed E-state index contributed by atoms with van der Waals surface area (Å²) < 4.78 is 64.8. The van der Waals surface area contributed by atoms with Crippen LogP contribution >= 0.6 is 0 Å². The maximum Gasteiger partial charge on any atom is 0.200 e. The standard InChI is InChI=1S/C35H42F4O/c1-3-4-5-6-7-8-23-40-31-22-19-28(32(36)35(31)39)18-13-25-11-16-27(17-12-25)30-21-20-29(33(37)34(30)38)26-14-9-24(2)10-15-26/h11-12,16-17,19-22,24,26H,3-10,13-15,18,23H2,1-2H3. The van der Waals surface area contributed by atoms with Crippen molar-refractivity contribution in [1.29, 1.82) is 0 Å². The Balaban J connectivity index is 1.32. The Bertz CT molecular complexity index is 1230. The molecule has 0 unspecified atom stereocenters. The molecule has 0 saturated heterocycles. The van der Waals surface area contributed by atoms with Gasteiger partial charge in [-0.05, 0) is 72.3 Å². The van der Waals surface area contributed by atoms with Crippen molar-refractivity contribution in [3.05, 3.63) is 88.5 Å². The van der Waals surface area contributed by atoms with Crippen LogP contribution in [0.15, 0.2) is 48.5 Å². The lowest BCUT2D eigenvalue weighted by atomic mass is 9.79. The number of rotatable bonds is 13. The van der Waals surface area contributed by atoms with Crippen molar-refractivity contribution in [3.8, 4) is 16.9 Å². The van der Waals surface area contributed by atoms with Crippen LogP contribution in [0.1, 0.15) is 101 Å². The van der Waals surface area contributed by atoms with E-state index in [-0.39, 0.29) is 22.8 Å². The highest BCUT2D eigenvalue weighted by atomic mass is 19.2. The lowest BCUT2D eigenvalue weighted by Crippen LogP contribution is -2.13. The van der Waals surface area contributed by atoms with Crippen LogP contribution in [0.3, 0.4) is 0 Å². The Kier molecular flexibility index (Phi) is 11.1. The van der Waals surface area contributed by atoms with E-state index in [0.29, 0.717) is 36.5 Å². The van der Waals surface area contributed by atoms with Gasteiger partial charge >= 0.3 is 0 Å². The summed E-state index contributed by atoms with van der Waals surface area (Å²) in [5.41, 5.74) is 2.50. The predicted octanol–water partition coefficient (Wildman–Crippen LogP) is 10.7. The van der Waals surface area contributed by atoms with Gasteiger partial charge in [0.25, 0.3) is 0 Å². The number of hydrogen-bond acceptors (Lipinski definition) is 1. The molecule has 5 heteroatoms. The summed E-state index contributed by atoms with van der Waals surface area (Å²) in [7, 11) is 0. The first-order valence-electron chi connectivity index (χ1n) is 15.1. The van der Waals surface area contributed by atoms with Gasteiger partial charge in [0.2, 0.25) is 5.82 Å². The van der Waals surface area contributed by atoms with Crippen LogP contribution in [-0.2, 0) is 12.8 Å². The monoisotopic (exact) mass is 554 g/mol. The number of ether oxygens (including phenoxy) is 1. The summed E-state index contributed by atoms with van der Waals surface area (Å²) in [5.74, 6) is -2.68. The maximum absolute atomic E-state index is 15.1. The second kappa shape index (κ2) is 14.7. The molecule has 0 radical (unpaired) electrons. The molecule has 1 saturated carbocycles. The van der Waals surface area contributed by atoms with Crippen LogP contribution < -0.4 is 4.74 Å². The molecule has 1 aliphatic rings. The summed E-state index contributed by atoms with van der Waals surface area (Å²) in [4.78, 5) is 0. The van der Waals surface area contributed by atoms with E-state index in [2.05, 4.69) is 13.8 Å². The fourth-order valence-corrected chi connectivity index (χ4v) is 5.74. The van der Waals surface area contributed by atoms with Crippen LogP contribution in [0.25, 0.3) is 11.1 Å². The highest BCUT2D eigenvalue weighted by Crippen LogP contribution is 2.38. The van der Waals surface area contributed by atoms with Gasteiger partial charge in [0.1, 0.15) is 0 Å². The minimum Gasteiger partial charge on any atom is -0.490 e. The normalized spacial score (nSPS) is 17.2. The molecule has 0 N–H and O–H groups in total. The minimum atomic E-state index is -0.942. The molecule has 3 aromatic carbocycles. The van der Waals surface area contributed by atoms with E-state index < -0.39 is 23.3 Å². The third-order valence-electron chi connectivity index (χ3n) is 8.40. The quantitative estimate of drug-likeness (QED) is 0.151. The Morgan fingerprint density at radius 2 is 1.38 bits per heavy atom. The molecule has 0 atom stereocenters. The summed E-state index contributed by atoms with van der Waals surface area (Å²) in [5, 5.41) is 0. The predicted molar refractivity (Wildman–Crippen MR) is 155 cm³/mol. The molecule has 1 aliphatic carbocycles. The Labute approximate surface area is 237 Å². The first-order valence-corrected chi connectivity index (χ1v) is 15.1. The summed E-state index contributed by atoms with van der Waals surface area (Å²) in [6, 6.07) is 13.7. The molecule has 1 fully saturated rings. The number of halogens is 4. The van der Waals surface area contributed by atoms with Crippen molar-refractivity contribution in [3.63, 3.8) is 0 Å². The molecule has 0 aromatic heterocycles. The molecule has 4 rings (SSSR count). The smallest absolute Gasteiger partial charge is 0.200 e. The van der Waals surface area contributed by atoms with E-state index in [0.717, 1.165) is 50.5 Å². The van der Waals surface area contributed by atoms with E-state index in [4.69, 9.17) is 4.74 Å². The topological polar surface area (TPSA) is 9.23 Å². The number of aryl methyl sites for hydroxylation is 2. The highest BCUT2D eigenvalue weighted by Gasteiger charge is 2.25. The highest BCUT2D eigenvalue weighted by molar-refractivity contribution is 5.65. The zero-order chi connectivity index (χ0) is 28.5. The molecule has 0 aliphatic heterocycles. The summed E-state index contributed by atoms with van der Waals surface area (Å²) in [6.45, 7) is 4.75. The second-order valence-corrected chi connectivity index (χ2v) is 11.5. The average molecular weight is 555 g/mol. The van der Waals surface area contributed by atoms with Gasteiger partial charge in [-0.1, -0.05) is 101 Å². The zero-order valence-electron chi connectivity index (χ0n) is 23.9. The average Bonchev–Trinajstić information content (AvgIpc) is 2.96.